The summed E-state index contributed by atoms with van der Waals surface area (Å²) in [5.41, 5.74) is 5.20. The molecule has 0 atom stereocenters. The summed E-state index contributed by atoms with van der Waals surface area (Å²) < 4.78 is 42.7. The minimum absolute atomic E-state index is 0.0374. The average molecular weight is 342 g/mol. The number of pyridine rings is 1. The lowest BCUT2D eigenvalue weighted by Gasteiger charge is -2.34. The zero-order chi connectivity index (χ0) is 22.5. The van der Waals surface area contributed by atoms with Crippen molar-refractivity contribution >= 4 is 0 Å². The Kier molecular flexibility index (Phi) is 3.52. The van der Waals surface area contributed by atoms with Gasteiger partial charge in [-0.2, -0.15) is 0 Å². The molecule has 1 fully saturated rings. The van der Waals surface area contributed by atoms with Gasteiger partial charge < -0.3 is 0 Å². The maximum atomic E-state index is 8.93. The summed E-state index contributed by atoms with van der Waals surface area (Å²) in [6, 6.07) is 7.30. The van der Waals surface area contributed by atoms with Gasteiger partial charge in [0.2, 0.25) is 5.69 Å². The first-order chi connectivity index (χ1) is 13.7. The van der Waals surface area contributed by atoms with E-state index in [0.717, 1.165) is 53.6 Å². The molecule has 0 saturated heterocycles. The summed E-state index contributed by atoms with van der Waals surface area (Å²) in [6.07, 6.45) is 4.53. The summed E-state index contributed by atoms with van der Waals surface area (Å²) >= 11 is 0. The van der Waals surface area contributed by atoms with Crippen LogP contribution in [0.5, 0.6) is 0 Å². The molecule has 1 heterocycles. The smallest absolute Gasteiger partial charge is 0.201 e. The van der Waals surface area contributed by atoms with Crippen LogP contribution in [0.25, 0.3) is 11.3 Å². The summed E-state index contributed by atoms with van der Waals surface area (Å²) in [6.45, 7) is 6.35. The number of hydrogen-bond donors (Lipinski definition) is 0. The molecule has 1 heteroatoms. The predicted molar refractivity (Wildman–Crippen MR) is 107 cm³/mol. The molecule has 1 aromatic heterocycles. The first kappa shape index (κ1) is 12.7. The number of aryl methyl sites for hydroxylation is 4. The summed E-state index contributed by atoms with van der Waals surface area (Å²) in [5, 5.41) is 0. The van der Waals surface area contributed by atoms with Gasteiger partial charge >= 0.3 is 0 Å². The normalized spacial score (nSPS) is 21.7. The van der Waals surface area contributed by atoms with E-state index < -0.39 is 13.2 Å². The third-order valence-corrected chi connectivity index (χ3v) is 5.68. The fourth-order valence-electron chi connectivity index (χ4n) is 3.88. The second-order valence-electron chi connectivity index (χ2n) is 8.48. The van der Waals surface area contributed by atoms with E-state index >= 15 is 0 Å². The van der Waals surface area contributed by atoms with Crippen LogP contribution in [0.1, 0.15) is 68.6 Å². The Labute approximate surface area is 161 Å². The van der Waals surface area contributed by atoms with Gasteiger partial charge in [-0.25, -0.2) is 4.57 Å². The molecule has 25 heavy (non-hydrogen) atoms. The van der Waals surface area contributed by atoms with Crippen molar-refractivity contribution in [2.45, 2.75) is 66.6 Å². The van der Waals surface area contributed by atoms with E-state index in [1.165, 1.54) is 0 Å². The Hall–Kier alpha value is -1.63. The Balaban J connectivity index is 1.96. The van der Waals surface area contributed by atoms with Crippen molar-refractivity contribution in [3.8, 4) is 11.3 Å². The van der Waals surface area contributed by atoms with E-state index in [1.54, 1.807) is 12.1 Å². The summed E-state index contributed by atoms with van der Waals surface area (Å²) in [7, 11) is 1.94. The highest BCUT2D eigenvalue weighted by Gasteiger charge is 2.27. The molecule has 0 amide bonds. The van der Waals surface area contributed by atoms with Gasteiger partial charge in [0.1, 0.15) is 7.05 Å². The molecule has 134 valence electrons. The Morgan fingerprint density at radius 3 is 2.52 bits per heavy atom. The highest BCUT2D eigenvalue weighted by molar-refractivity contribution is 5.62. The molecular weight excluding hydrogens is 302 g/mol. The van der Waals surface area contributed by atoms with Crippen LogP contribution in [-0.2, 0) is 13.4 Å². The molecular formula is C24H34N+. The van der Waals surface area contributed by atoms with Gasteiger partial charge in [-0.1, -0.05) is 31.5 Å². The second-order valence-corrected chi connectivity index (χ2v) is 8.48. The summed E-state index contributed by atoms with van der Waals surface area (Å²) in [5.74, 6) is 0.0374. The molecule has 1 nitrogen and oxygen atoms in total. The SMILES string of the molecule is [2H]C([2H])([2H])c1ccc(-c2cc(C)c(C([2H])([2H])C3CCC(C)(C)CC3)c[n+]2C)c(C)c1. The van der Waals surface area contributed by atoms with E-state index in [0.29, 0.717) is 11.0 Å². The molecule has 0 aliphatic heterocycles. The number of rotatable bonds is 3. The zero-order valence-electron chi connectivity index (χ0n) is 21.2. The zero-order valence-corrected chi connectivity index (χ0v) is 16.2. The van der Waals surface area contributed by atoms with Gasteiger partial charge in [0, 0.05) is 24.0 Å². The molecule has 0 radical (unpaired) electrons. The van der Waals surface area contributed by atoms with Crippen molar-refractivity contribution in [2.75, 3.05) is 0 Å². The highest BCUT2D eigenvalue weighted by atomic mass is 14.9. The lowest BCUT2D eigenvalue weighted by Crippen LogP contribution is -2.32. The molecule has 0 N–H and O–H groups in total. The molecule has 1 aromatic carbocycles. The third-order valence-electron chi connectivity index (χ3n) is 5.68. The van der Waals surface area contributed by atoms with Gasteiger partial charge in [-0.15, -0.1) is 0 Å². The minimum atomic E-state index is -2.12. The first-order valence-electron chi connectivity index (χ1n) is 11.8. The second kappa shape index (κ2) is 6.94. The topological polar surface area (TPSA) is 3.88 Å². The predicted octanol–water partition coefficient (Wildman–Crippen LogP) is 5.86. The van der Waals surface area contributed by atoms with Crippen molar-refractivity contribution < 1.29 is 11.4 Å². The maximum absolute atomic E-state index is 8.93. The highest BCUT2D eigenvalue weighted by Crippen LogP contribution is 2.39. The van der Waals surface area contributed by atoms with Crippen LogP contribution in [0.2, 0.25) is 0 Å². The average Bonchev–Trinajstić information content (AvgIpc) is 2.62. The molecule has 0 unspecified atom stereocenters. The largest absolute Gasteiger partial charge is 0.212 e. The lowest BCUT2D eigenvalue weighted by molar-refractivity contribution is -0.660. The molecule has 0 spiro atoms. The van der Waals surface area contributed by atoms with Crippen molar-refractivity contribution in [1.82, 2.24) is 0 Å². The third kappa shape index (κ3) is 4.14. The van der Waals surface area contributed by atoms with E-state index in [9.17, 15) is 0 Å². The fourth-order valence-corrected chi connectivity index (χ4v) is 3.88. The van der Waals surface area contributed by atoms with E-state index in [-0.39, 0.29) is 5.92 Å². The molecule has 3 rings (SSSR count). The first-order valence-corrected chi connectivity index (χ1v) is 9.35. The van der Waals surface area contributed by atoms with Crippen LogP contribution < -0.4 is 4.57 Å². The van der Waals surface area contributed by atoms with Crippen LogP contribution in [0, 0.1) is 32.0 Å². The van der Waals surface area contributed by atoms with Crippen molar-refractivity contribution in [3.63, 3.8) is 0 Å². The standard InChI is InChI=1S/C24H34N/c1-17-7-8-22(19(3)13-17)23-14-18(2)21(16-25(23)6)15-20-9-11-24(4,5)12-10-20/h7-8,13-14,16,20H,9-12,15H2,1-6H3/q+1/i1D3,15D2. The Bertz CT molecular complexity index is 933. The van der Waals surface area contributed by atoms with E-state index in [4.69, 9.17) is 6.85 Å². The van der Waals surface area contributed by atoms with Crippen molar-refractivity contribution in [2.24, 2.45) is 18.4 Å². The Morgan fingerprint density at radius 2 is 1.88 bits per heavy atom. The monoisotopic (exact) mass is 341 g/mol. The van der Waals surface area contributed by atoms with Crippen LogP contribution in [0.4, 0.5) is 0 Å². The Morgan fingerprint density at radius 1 is 1.16 bits per heavy atom. The molecule has 1 aliphatic carbocycles. The number of aromatic nitrogens is 1. The van der Waals surface area contributed by atoms with Crippen molar-refractivity contribution in [3.05, 3.63) is 52.7 Å². The quantitative estimate of drug-likeness (QED) is 0.615. The maximum Gasteiger partial charge on any atom is 0.212 e. The molecule has 0 bridgehead atoms. The molecule has 2 aromatic rings. The number of hydrogen-bond acceptors (Lipinski definition) is 0. The minimum Gasteiger partial charge on any atom is -0.201 e. The van der Waals surface area contributed by atoms with Gasteiger partial charge in [0.15, 0.2) is 6.20 Å². The lowest BCUT2D eigenvalue weighted by atomic mass is 9.71. The number of nitrogens with zero attached hydrogens (tertiary/aromatic N) is 1. The molecule has 1 saturated carbocycles. The van der Waals surface area contributed by atoms with Gasteiger partial charge in [-0.3, -0.25) is 0 Å². The van der Waals surface area contributed by atoms with Crippen LogP contribution in [0.3, 0.4) is 0 Å². The number of benzene rings is 1. The van der Waals surface area contributed by atoms with Crippen LogP contribution in [0.15, 0.2) is 30.5 Å². The fraction of sp³-hybridized carbons (Fsp3) is 0.542. The van der Waals surface area contributed by atoms with Gasteiger partial charge in [0.05, 0.1) is 0 Å². The molecule has 1 aliphatic rings. The van der Waals surface area contributed by atoms with Crippen molar-refractivity contribution in [1.29, 1.82) is 0 Å². The van der Waals surface area contributed by atoms with E-state index in [2.05, 4.69) is 13.8 Å². The summed E-state index contributed by atoms with van der Waals surface area (Å²) in [4.78, 5) is 0. The van der Waals surface area contributed by atoms with Crippen LogP contribution in [-0.4, -0.2) is 0 Å². The van der Waals surface area contributed by atoms with Gasteiger partial charge in [-0.05, 0) is 81.3 Å². The van der Waals surface area contributed by atoms with E-state index in [1.807, 2.05) is 43.8 Å². The van der Waals surface area contributed by atoms with Crippen LogP contribution >= 0.6 is 0 Å². The van der Waals surface area contributed by atoms with Gasteiger partial charge in [0.25, 0.3) is 0 Å².